The Bertz CT molecular complexity index is 1010. The first kappa shape index (κ1) is 21.1. The number of nitrogens with zero attached hydrogens (tertiary/aromatic N) is 2. The molecule has 0 radical (unpaired) electrons. The largest absolute Gasteiger partial charge is 0.394 e. The van der Waals surface area contributed by atoms with E-state index in [0.29, 0.717) is 38.2 Å². The van der Waals surface area contributed by atoms with E-state index in [1.165, 1.54) is 6.07 Å². The molecule has 3 atom stereocenters. The predicted octanol–water partition coefficient (Wildman–Crippen LogP) is 2.42. The summed E-state index contributed by atoms with van der Waals surface area (Å²) in [7, 11) is 0. The van der Waals surface area contributed by atoms with Gasteiger partial charge in [-0.15, -0.1) is 0 Å². The first-order valence-electron chi connectivity index (χ1n) is 11.2. The number of benzene rings is 2. The van der Waals surface area contributed by atoms with Crippen LogP contribution in [0.5, 0.6) is 0 Å². The van der Waals surface area contributed by atoms with Gasteiger partial charge in [-0.05, 0) is 30.0 Å². The second kappa shape index (κ2) is 8.64. The van der Waals surface area contributed by atoms with E-state index in [9.17, 15) is 19.1 Å². The Morgan fingerprint density at radius 1 is 1.09 bits per heavy atom. The average molecular weight is 438 g/mol. The molecule has 0 aromatic heterocycles. The number of amides is 2. The van der Waals surface area contributed by atoms with E-state index in [-0.39, 0.29) is 54.7 Å². The number of piperazine rings is 1. The van der Waals surface area contributed by atoms with E-state index in [1.54, 1.807) is 28.0 Å². The molecule has 0 unspecified atom stereocenters. The molecule has 2 amide bonds. The Kier molecular flexibility index (Phi) is 5.69. The molecule has 1 N–H and O–H groups in total. The van der Waals surface area contributed by atoms with Crippen LogP contribution < -0.4 is 0 Å². The molecule has 168 valence electrons. The minimum atomic E-state index is -0.299. The highest BCUT2D eigenvalue weighted by molar-refractivity contribution is 5.88. The zero-order valence-electron chi connectivity index (χ0n) is 17.8. The molecule has 3 aliphatic rings. The van der Waals surface area contributed by atoms with Crippen LogP contribution in [0.2, 0.25) is 0 Å². The highest BCUT2D eigenvalue weighted by atomic mass is 19.1. The van der Waals surface area contributed by atoms with E-state index in [1.807, 2.05) is 24.3 Å². The van der Waals surface area contributed by atoms with Crippen LogP contribution in [0.25, 0.3) is 11.1 Å². The predicted molar refractivity (Wildman–Crippen MR) is 116 cm³/mol. The lowest BCUT2D eigenvalue weighted by Gasteiger charge is -2.59. The van der Waals surface area contributed by atoms with Crippen molar-refractivity contribution in [2.24, 2.45) is 5.92 Å². The molecule has 6 nitrogen and oxygen atoms in total. The number of carbonyl (C=O) groups excluding carboxylic acids is 2. The maximum absolute atomic E-state index is 14.1. The smallest absolute Gasteiger partial charge is 0.242 e. The molecule has 3 aliphatic heterocycles. The number of halogens is 1. The van der Waals surface area contributed by atoms with E-state index in [4.69, 9.17) is 4.74 Å². The number of aliphatic hydroxyl groups excluding tert-OH is 1. The molecular weight excluding hydrogens is 411 g/mol. The molecule has 0 spiro atoms. The van der Waals surface area contributed by atoms with Crippen molar-refractivity contribution in [3.05, 3.63) is 59.9 Å². The number of hydrogen-bond acceptors (Lipinski definition) is 4. The Hall–Kier alpha value is -2.77. The Morgan fingerprint density at radius 2 is 1.81 bits per heavy atom. The summed E-state index contributed by atoms with van der Waals surface area (Å²) in [5.41, 5.74) is 2.30. The van der Waals surface area contributed by atoms with Crippen molar-refractivity contribution in [2.75, 3.05) is 32.9 Å². The molecule has 7 heteroatoms. The normalized spacial score (nSPS) is 25.9. The number of hydrogen-bond donors (Lipinski definition) is 1. The van der Waals surface area contributed by atoms with Crippen molar-refractivity contribution < 1.29 is 23.8 Å². The van der Waals surface area contributed by atoms with Crippen LogP contribution >= 0.6 is 0 Å². The Morgan fingerprint density at radius 3 is 2.50 bits per heavy atom. The molecule has 5 rings (SSSR count). The fourth-order valence-electron chi connectivity index (χ4n) is 5.45. The first-order chi connectivity index (χ1) is 15.6. The topological polar surface area (TPSA) is 70.1 Å². The molecule has 2 aromatic rings. The highest BCUT2D eigenvalue weighted by Gasteiger charge is 2.54. The third-order valence-electron chi connectivity index (χ3n) is 7.11. The summed E-state index contributed by atoms with van der Waals surface area (Å²) in [6.45, 7) is 1.57. The van der Waals surface area contributed by atoms with E-state index in [2.05, 4.69) is 0 Å². The van der Waals surface area contributed by atoms with Crippen LogP contribution in [0.3, 0.4) is 0 Å². The summed E-state index contributed by atoms with van der Waals surface area (Å²) >= 11 is 0. The summed E-state index contributed by atoms with van der Waals surface area (Å²) in [6, 6.07) is 13.8. The van der Waals surface area contributed by atoms with Gasteiger partial charge in [0.2, 0.25) is 11.8 Å². The van der Waals surface area contributed by atoms with Crippen LogP contribution in [-0.2, 0) is 14.3 Å². The van der Waals surface area contributed by atoms with Crippen molar-refractivity contribution >= 4 is 11.8 Å². The fourth-order valence-corrected chi connectivity index (χ4v) is 5.45. The van der Waals surface area contributed by atoms with Gasteiger partial charge in [0, 0.05) is 37.2 Å². The third-order valence-corrected chi connectivity index (χ3v) is 7.11. The van der Waals surface area contributed by atoms with Gasteiger partial charge in [-0.25, -0.2) is 4.39 Å². The highest BCUT2D eigenvalue weighted by Crippen LogP contribution is 2.43. The number of aliphatic hydroxyl groups is 1. The standard InChI is InChI=1S/C25H27FN2O4/c26-20-4-2-1-3-19(20)16-5-7-17(8-6-16)24-21-13-27(14-23(30)28(21)22(24)15-29)25(31)18-9-11-32-12-10-18/h1-8,18,21-22,24,29H,9-15H2/t21-,22-,24-/m0/s1. The van der Waals surface area contributed by atoms with Crippen molar-refractivity contribution in [2.45, 2.75) is 30.8 Å². The van der Waals surface area contributed by atoms with Gasteiger partial charge in [0.15, 0.2) is 0 Å². The second-order valence-electron chi connectivity index (χ2n) is 8.85. The molecule has 3 fully saturated rings. The van der Waals surface area contributed by atoms with E-state index >= 15 is 0 Å². The van der Waals surface area contributed by atoms with Gasteiger partial charge < -0.3 is 19.6 Å². The van der Waals surface area contributed by atoms with Crippen LogP contribution in [-0.4, -0.2) is 71.7 Å². The minimum absolute atomic E-state index is 0.0300. The summed E-state index contributed by atoms with van der Waals surface area (Å²) in [4.78, 5) is 29.3. The SMILES string of the molecule is O=C(C1CCOCC1)N1CC(=O)N2[C@@H](CO)[C@@H](c3ccc(-c4ccccc4F)cc3)[C@@H]2C1. The second-order valence-corrected chi connectivity index (χ2v) is 8.85. The Labute approximate surface area is 186 Å². The van der Waals surface area contributed by atoms with Gasteiger partial charge in [-0.3, -0.25) is 9.59 Å². The maximum Gasteiger partial charge on any atom is 0.242 e. The molecule has 2 aromatic carbocycles. The van der Waals surface area contributed by atoms with E-state index < -0.39 is 0 Å². The lowest BCUT2D eigenvalue weighted by atomic mass is 9.73. The van der Waals surface area contributed by atoms with Crippen LogP contribution in [0.1, 0.15) is 24.3 Å². The van der Waals surface area contributed by atoms with Crippen molar-refractivity contribution in [1.82, 2.24) is 9.80 Å². The van der Waals surface area contributed by atoms with Gasteiger partial charge in [0.1, 0.15) is 5.82 Å². The molecule has 0 saturated carbocycles. The van der Waals surface area contributed by atoms with Gasteiger partial charge >= 0.3 is 0 Å². The van der Waals surface area contributed by atoms with Crippen LogP contribution in [0.15, 0.2) is 48.5 Å². The monoisotopic (exact) mass is 438 g/mol. The molecule has 32 heavy (non-hydrogen) atoms. The van der Waals surface area contributed by atoms with Crippen molar-refractivity contribution in [3.63, 3.8) is 0 Å². The summed E-state index contributed by atoms with van der Waals surface area (Å²) < 4.78 is 19.5. The van der Waals surface area contributed by atoms with Crippen LogP contribution in [0, 0.1) is 11.7 Å². The quantitative estimate of drug-likeness (QED) is 0.796. The molecule has 3 heterocycles. The van der Waals surface area contributed by atoms with Crippen LogP contribution in [0.4, 0.5) is 4.39 Å². The lowest BCUT2D eigenvalue weighted by Crippen LogP contribution is -2.73. The third kappa shape index (κ3) is 3.59. The fraction of sp³-hybridized carbons (Fsp3) is 0.440. The molecule has 0 aliphatic carbocycles. The summed E-state index contributed by atoms with van der Waals surface area (Å²) in [5.74, 6) is -0.509. The number of fused-ring (bicyclic) bond motifs is 1. The minimum Gasteiger partial charge on any atom is -0.394 e. The number of rotatable bonds is 4. The number of ether oxygens (including phenoxy) is 1. The van der Waals surface area contributed by atoms with Gasteiger partial charge in [-0.2, -0.15) is 0 Å². The van der Waals surface area contributed by atoms with Crippen molar-refractivity contribution in [1.29, 1.82) is 0 Å². The molecule has 0 bridgehead atoms. The Balaban J connectivity index is 1.36. The van der Waals surface area contributed by atoms with Crippen molar-refractivity contribution in [3.8, 4) is 11.1 Å². The summed E-state index contributed by atoms with van der Waals surface area (Å²) in [5, 5.41) is 9.98. The molecule has 3 saturated heterocycles. The summed E-state index contributed by atoms with van der Waals surface area (Å²) in [6.07, 6.45) is 1.39. The van der Waals surface area contributed by atoms with Gasteiger partial charge in [0.05, 0.1) is 25.2 Å². The first-order valence-corrected chi connectivity index (χ1v) is 11.2. The molecular formula is C25H27FN2O4. The van der Waals surface area contributed by atoms with Gasteiger partial charge in [-0.1, -0.05) is 42.5 Å². The lowest BCUT2D eigenvalue weighted by molar-refractivity contribution is -0.169. The number of carbonyl (C=O) groups is 2. The van der Waals surface area contributed by atoms with Gasteiger partial charge in [0.25, 0.3) is 0 Å². The zero-order chi connectivity index (χ0) is 22.2. The maximum atomic E-state index is 14.1. The van der Waals surface area contributed by atoms with E-state index in [0.717, 1.165) is 11.1 Å². The average Bonchev–Trinajstić information content (AvgIpc) is 2.81. The zero-order valence-corrected chi connectivity index (χ0v) is 17.8.